The van der Waals surface area contributed by atoms with Crippen LogP contribution < -0.4 is 26.6 Å². The molecule has 1 heterocycles. The van der Waals surface area contributed by atoms with Gasteiger partial charge in [-0.1, -0.05) is 20.8 Å². The molecule has 0 spiro atoms. The molecule has 2 rings (SSSR count). The highest BCUT2D eigenvalue weighted by molar-refractivity contribution is 5.74. The fourth-order valence-corrected chi connectivity index (χ4v) is 3.60. The summed E-state index contributed by atoms with van der Waals surface area (Å²) in [7, 11) is 0. The molecule has 6 atom stereocenters. The molecule has 5 N–H and O–H groups in total. The summed E-state index contributed by atoms with van der Waals surface area (Å²) in [5.41, 5.74) is 0. The zero-order valence-corrected chi connectivity index (χ0v) is 15.1. The average Bonchev–Trinajstić information content (AvgIpc) is 2.48. The van der Waals surface area contributed by atoms with E-state index in [2.05, 4.69) is 54.3 Å². The topological polar surface area (TPSA) is 77.2 Å². The van der Waals surface area contributed by atoms with E-state index in [1.54, 1.807) is 0 Å². The van der Waals surface area contributed by atoms with Crippen LogP contribution in [0.25, 0.3) is 0 Å². The Morgan fingerprint density at radius 2 is 1.83 bits per heavy atom. The summed E-state index contributed by atoms with van der Waals surface area (Å²) >= 11 is 0. The quantitative estimate of drug-likeness (QED) is 0.533. The molecular formula is C17H35N5O. The summed E-state index contributed by atoms with van der Waals surface area (Å²) < 4.78 is 0. The fraction of sp³-hybridized carbons (Fsp3) is 0.941. The Kier molecular flexibility index (Phi) is 7.11. The molecule has 1 aliphatic heterocycles. The van der Waals surface area contributed by atoms with Gasteiger partial charge in [-0.2, -0.15) is 0 Å². The summed E-state index contributed by atoms with van der Waals surface area (Å²) in [4.78, 5) is 12.3. The molecule has 0 radical (unpaired) electrons. The van der Waals surface area contributed by atoms with Gasteiger partial charge in [0.2, 0.25) is 0 Å². The van der Waals surface area contributed by atoms with Crippen molar-refractivity contribution < 1.29 is 4.79 Å². The van der Waals surface area contributed by atoms with Crippen molar-refractivity contribution in [3.63, 3.8) is 0 Å². The van der Waals surface area contributed by atoms with Crippen molar-refractivity contribution in [1.29, 1.82) is 0 Å². The number of urea groups is 1. The smallest absolute Gasteiger partial charge is 0.317 e. The highest BCUT2D eigenvalue weighted by atomic mass is 16.2. The zero-order valence-electron chi connectivity index (χ0n) is 15.1. The van der Waals surface area contributed by atoms with E-state index < -0.39 is 0 Å². The number of hydrogen-bond acceptors (Lipinski definition) is 4. The summed E-state index contributed by atoms with van der Waals surface area (Å²) in [6.07, 6.45) is 5.54. The van der Waals surface area contributed by atoms with Crippen molar-refractivity contribution >= 4 is 6.03 Å². The molecule has 1 saturated carbocycles. The lowest BCUT2D eigenvalue weighted by atomic mass is 9.79. The summed E-state index contributed by atoms with van der Waals surface area (Å²) in [6, 6.07) is 0.591. The highest BCUT2D eigenvalue weighted by Crippen LogP contribution is 2.29. The maximum atomic E-state index is 12.3. The van der Waals surface area contributed by atoms with Gasteiger partial charge in [0.25, 0.3) is 0 Å². The molecule has 0 bridgehead atoms. The minimum absolute atomic E-state index is 0.0786. The Hall–Kier alpha value is -0.850. The summed E-state index contributed by atoms with van der Waals surface area (Å²) in [5, 5.41) is 16.4. The minimum Gasteiger partial charge on any atom is -0.335 e. The van der Waals surface area contributed by atoms with E-state index in [-0.39, 0.29) is 18.5 Å². The molecule has 1 aliphatic carbocycles. The second kappa shape index (κ2) is 8.85. The molecule has 2 amide bonds. The van der Waals surface area contributed by atoms with Crippen LogP contribution in [-0.2, 0) is 0 Å². The van der Waals surface area contributed by atoms with E-state index in [4.69, 9.17) is 0 Å². The number of amides is 2. The normalized spacial score (nSPS) is 38.1. The predicted octanol–water partition coefficient (Wildman–Crippen LogP) is 1.69. The minimum atomic E-state index is -0.187. The van der Waals surface area contributed by atoms with Gasteiger partial charge in [-0.05, 0) is 57.4 Å². The number of hydrogen-bond donors (Lipinski definition) is 5. The molecule has 134 valence electrons. The van der Waals surface area contributed by atoms with Gasteiger partial charge in [0.05, 0.1) is 6.17 Å². The van der Waals surface area contributed by atoms with Gasteiger partial charge in [-0.25, -0.2) is 4.79 Å². The molecule has 2 fully saturated rings. The standard InChI is InChI=1S/C17H35N5O/c1-5-8-18-15-10-13(4)19-16(21-15)22-17(23)20-14-7-6-11(2)12(3)9-14/h11-16,18-19,21H,5-10H2,1-4H3,(H2,20,22,23). The number of rotatable bonds is 5. The Labute approximate surface area is 140 Å². The van der Waals surface area contributed by atoms with Crippen molar-refractivity contribution in [2.45, 2.75) is 84.3 Å². The lowest BCUT2D eigenvalue weighted by Gasteiger charge is -2.37. The Balaban J connectivity index is 1.75. The van der Waals surface area contributed by atoms with Crippen LogP contribution in [0.3, 0.4) is 0 Å². The van der Waals surface area contributed by atoms with E-state index in [9.17, 15) is 4.79 Å². The van der Waals surface area contributed by atoms with Crippen molar-refractivity contribution in [2.75, 3.05) is 6.54 Å². The summed E-state index contributed by atoms with van der Waals surface area (Å²) in [5.74, 6) is 1.45. The van der Waals surface area contributed by atoms with Crippen molar-refractivity contribution in [2.24, 2.45) is 11.8 Å². The molecule has 0 aromatic carbocycles. The highest BCUT2D eigenvalue weighted by Gasteiger charge is 2.28. The van der Waals surface area contributed by atoms with Gasteiger partial charge in [0.15, 0.2) is 0 Å². The molecule has 6 heteroatoms. The van der Waals surface area contributed by atoms with E-state index >= 15 is 0 Å². The molecule has 1 saturated heterocycles. The third-order valence-corrected chi connectivity index (χ3v) is 5.26. The van der Waals surface area contributed by atoms with E-state index in [1.807, 2.05) is 0 Å². The largest absolute Gasteiger partial charge is 0.335 e. The first-order valence-electron chi connectivity index (χ1n) is 9.30. The van der Waals surface area contributed by atoms with Crippen LogP contribution in [0.5, 0.6) is 0 Å². The van der Waals surface area contributed by atoms with Crippen LogP contribution in [0, 0.1) is 11.8 Å². The second-order valence-corrected chi connectivity index (χ2v) is 7.49. The van der Waals surface area contributed by atoms with Gasteiger partial charge >= 0.3 is 6.03 Å². The van der Waals surface area contributed by atoms with Crippen molar-refractivity contribution in [3.05, 3.63) is 0 Å². The molecule has 2 aliphatic rings. The molecule has 0 aromatic heterocycles. The zero-order chi connectivity index (χ0) is 16.8. The third-order valence-electron chi connectivity index (χ3n) is 5.26. The van der Waals surface area contributed by atoms with Crippen molar-refractivity contribution in [3.8, 4) is 0 Å². The van der Waals surface area contributed by atoms with Crippen molar-refractivity contribution in [1.82, 2.24) is 26.6 Å². The van der Waals surface area contributed by atoms with E-state index in [0.717, 1.165) is 38.1 Å². The predicted molar refractivity (Wildman–Crippen MR) is 93.9 cm³/mol. The Bertz CT molecular complexity index is 378. The van der Waals surface area contributed by atoms with Gasteiger partial charge in [0, 0.05) is 12.1 Å². The molecule has 23 heavy (non-hydrogen) atoms. The SMILES string of the molecule is CCCNC1CC(C)NC(NC(=O)NC2CCC(C)C(C)C2)N1. The number of nitrogens with one attached hydrogen (secondary N) is 5. The monoisotopic (exact) mass is 325 g/mol. The fourth-order valence-electron chi connectivity index (χ4n) is 3.60. The van der Waals surface area contributed by atoms with Crippen LogP contribution in [0.4, 0.5) is 4.79 Å². The first kappa shape index (κ1) is 18.5. The third kappa shape index (κ3) is 5.94. The lowest BCUT2D eigenvalue weighted by Crippen LogP contribution is -2.68. The molecule has 0 aromatic rings. The number of carbonyl (C=O) groups excluding carboxylic acids is 1. The van der Waals surface area contributed by atoms with Crippen LogP contribution in [0.15, 0.2) is 0 Å². The summed E-state index contributed by atoms with van der Waals surface area (Å²) in [6.45, 7) is 9.89. The van der Waals surface area contributed by atoms with Crippen LogP contribution in [0.1, 0.15) is 59.8 Å². The van der Waals surface area contributed by atoms with E-state index in [0.29, 0.717) is 18.0 Å². The second-order valence-electron chi connectivity index (χ2n) is 7.49. The molecule has 6 unspecified atom stereocenters. The van der Waals surface area contributed by atoms with Gasteiger partial charge in [0.1, 0.15) is 6.29 Å². The Morgan fingerprint density at radius 1 is 1.04 bits per heavy atom. The van der Waals surface area contributed by atoms with Crippen LogP contribution in [0.2, 0.25) is 0 Å². The van der Waals surface area contributed by atoms with Gasteiger partial charge in [-0.15, -0.1) is 0 Å². The number of carbonyl (C=O) groups is 1. The van der Waals surface area contributed by atoms with Crippen LogP contribution in [-0.4, -0.2) is 37.1 Å². The Morgan fingerprint density at radius 3 is 2.52 bits per heavy atom. The first-order chi connectivity index (χ1) is 11.0. The lowest BCUT2D eigenvalue weighted by molar-refractivity contribution is 0.178. The average molecular weight is 326 g/mol. The molecule has 6 nitrogen and oxygen atoms in total. The van der Waals surface area contributed by atoms with Crippen LogP contribution >= 0.6 is 0 Å². The molecular weight excluding hydrogens is 290 g/mol. The van der Waals surface area contributed by atoms with E-state index in [1.165, 1.54) is 6.42 Å². The maximum Gasteiger partial charge on any atom is 0.317 e. The van der Waals surface area contributed by atoms with Gasteiger partial charge < -0.3 is 16.0 Å². The first-order valence-corrected chi connectivity index (χ1v) is 9.30. The maximum absolute atomic E-state index is 12.3. The van der Waals surface area contributed by atoms with Gasteiger partial charge in [-0.3, -0.25) is 10.6 Å².